The van der Waals surface area contributed by atoms with Crippen LogP contribution in [0.15, 0.2) is 36.4 Å². The molecule has 1 saturated heterocycles. The first kappa shape index (κ1) is 15.8. The number of carbonyl (C=O) groups is 1. The molecular formula is C18H17ClFNO2. The van der Waals surface area contributed by atoms with Gasteiger partial charge in [0.05, 0.1) is 5.56 Å². The molecule has 1 aliphatic rings. The molecule has 3 nitrogen and oxygen atoms in total. The van der Waals surface area contributed by atoms with E-state index in [9.17, 15) is 9.18 Å². The summed E-state index contributed by atoms with van der Waals surface area (Å²) in [5, 5.41) is 9.76. The van der Waals surface area contributed by atoms with Crippen molar-refractivity contribution in [3.8, 4) is 0 Å². The van der Waals surface area contributed by atoms with E-state index in [4.69, 9.17) is 16.7 Å². The molecule has 23 heavy (non-hydrogen) atoms. The molecule has 120 valence electrons. The van der Waals surface area contributed by atoms with Crippen LogP contribution in [0, 0.1) is 12.7 Å². The molecule has 2 aromatic rings. The maximum Gasteiger partial charge on any atom is 0.338 e. The van der Waals surface area contributed by atoms with Crippen molar-refractivity contribution in [3.05, 3.63) is 63.9 Å². The number of nitrogens with zero attached hydrogens (tertiary/aromatic N) is 1. The minimum absolute atomic E-state index is 0.00984. The second kappa shape index (κ2) is 6.20. The Morgan fingerprint density at radius 2 is 2.13 bits per heavy atom. The Kier molecular flexibility index (Phi) is 4.26. The number of aryl methyl sites for hydroxylation is 1. The Hall–Kier alpha value is -2.07. The van der Waals surface area contributed by atoms with Gasteiger partial charge in [0, 0.05) is 29.7 Å². The second-order valence-electron chi connectivity index (χ2n) is 5.88. The average molecular weight is 334 g/mol. The zero-order chi connectivity index (χ0) is 16.6. The third-order valence-corrected chi connectivity index (χ3v) is 4.62. The summed E-state index contributed by atoms with van der Waals surface area (Å²) in [5.41, 5.74) is 2.40. The highest BCUT2D eigenvalue weighted by Gasteiger charge is 2.28. The number of carboxylic acid groups (broad SMARTS) is 1. The van der Waals surface area contributed by atoms with Gasteiger partial charge in [0.1, 0.15) is 5.82 Å². The summed E-state index contributed by atoms with van der Waals surface area (Å²) >= 11 is 5.99. The van der Waals surface area contributed by atoms with Crippen LogP contribution in [0.25, 0.3) is 0 Å². The van der Waals surface area contributed by atoms with Crippen LogP contribution in [0.2, 0.25) is 5.02 Å². The summed E-state index contributed by atoms with van der Waals surface area (Å²) in [6.07, 6.45) is 0.794. The standard InChI is InChI=1S/C18H17ClFNO2/c1-11-9-13(19)5-6-16(11)21-8-7-12(10-21)14-3-2-4-15(17(14)20)18(22)23/h2-6,9,12H,7-8,10H2,1H3,(H,22,23). The number of hydrogen-bond donors (Lipinski definition) is 1. The molecular weight excluding hydrogens is 317 g/mol. The van der Waals surface area contributed by atoms with Crippen LogP contribution in [0.4, 0.5) is 10.1 Å². The summed E-state index contributed by atoms with van der Waals surface area (Å²) in [7, 11) is 0. The predicted octanol–water partition coefficient (Wildman–Crippen LogP) is 4.48. The molecule has 0 aromatic heterocycles. The summed E-state index contributed by atoms with van der Waals surface area (Å²) < 4.78 is 14.4. The van der Waals surface area contributed by atoms with E-state index in [0.29, 0.717) is 17.1 Å². The van der Waals surface area contributed by atoms with Gasteiger partial charge in [-0.2, -0.15) is 0 Å². The summed E-state index contributed by atoms with van der Waals surface area (Å²) in [6, 6.07) is 10.3. The maximum atomic E-state index is 14.4. The number of aromatic carboxylic acids is 1. The fourth-order valence-corrected chi connectivity index (χ4v) is 3.46. The molecule has 3 rings (SSSR count). The quantitative estimate of drug-likeness (QED) is 0.900. The first-order valence-electron chi connectivity index (χ1n) is 7.50. The molecule has 1 aliphatic heterocycles. The third kappa shape index (κ3) is 3.04. The largest absolute Gasteiger partial charge is 0.478 e. The van der Waals surface area contributed by atoms with E-state index in [2.05, 4.69) is 4.90 Å². The van der Waals surface area contributed by atoms with Crippen molar-refractivity contribution in [2.45, 2.75) is 19.3 Å². The van der Waals surface area contributed by atoms with Crippen LogP contribution in [0.5, 0.6) is 0 Å². The molecule has 1 unspecified atom stereocenters. The zero-order valence-corrected chi connectivity index (χ0v) is 13.5. The molecule has 0 spiro atoms. The number of halogens is 2. The van der Waals surface area contributed by atoms with E-state index in [0.717, 1.165) is 24.2 Å². The lowest BCUT2D eigenvalue weighted by Gasteiger charge is -2.21. The van der Waals surface area contributed by atoms with Gasteiger partial charge in [-0.1, -0.05) is 23.7 Å². The van der Waals surface area contributed by atoms with Crippen molar-refractivity contribution in [3.63, 3.8) is 0 Å². The molecule has 0 aliphatic carbocycles. The van der Waals surface area contributed by atoms with E-state index >= 15 is 0 Å². The molecule has 0 radical (unpaired) electrons. The van der Waals surface area contributed by atoms with Crippen molar-refractivity contribution in [2.75, 3.05) is 18.0 Å². The molecule has 2 aromatic carbocycles. The highest BCUT2D eigenvalue weighted by molar-refractivity contribution is 6.30. The van der Waals surface area contributed by atoms with Gasteiger partial charge in [-0.3, -0.25) is 0 Å². The Morgan fingerprint density at radius 3 is 2.83 bits per heavy atom. The molecule has 5 heteroatoms. The van der Waals surface area contributed by atoms with Crippen LogP contribution >= 0.6 is 11.6 Å². The number of hydrogen-bond acceptors (Lipinski definition) is 2. The van der Waals surface area contributed by atoms with E-state index in [1.54, 1.807) is 12.1 Å². The van der Waals surface area contributed by atoms with Crippen molar-refractivity contribution >= 4 is 23.3 Å². The topological polar surface area (TPSA) is 40.5 Å². The van der Waals surface area contributed by atoms with Gasteiger partial charge in [-0.15, -0.1) is 0 Å². The molecule has 0 amide bonds. The number of benzene rings is 2. The fraction of sp³-hybridized carbons (Fsp3) is 0.278. The van der Waals surface area contributed by atoms with Crippen LogP contribution in [-0.2, 0) is 0 Å². The average Bonchev–Trinajstić information content (AvgIpc) is 2.96. The first-order chi connectivity index (χ1) is 11.0. The van der Waals surface area contributed by atoms with Gasteiger partial charge >= 0.3 is 5.97 Å². The normalized spacial score (nSPS) is 17.5. The second-order valence-corrected chi connectivity index (χ2v) is 6.31. The third-order valence-electron chi connectivity index (χ3n) is 4.39. The van der Waals surface area contributed by atoms with E-state index in [1.165, 1.54) is 6.07 Å². The van der Waals surface area contributed by atoms with Crippen LogP contribution in [0.3, 0.4) is 0 Å². The molecule has 1 N–H and O–H groups in total. The Balaban J connectivity index is 1.86. The van der Waals surface area contributed by atoms with Crippen LogP contribution < -0.4 is 4.90 Å². The molecule has 0 saturated carbocycles. The van der Waals surface area contributed by atoms with Gasteiger partial charge in [-0.05, 0) is 48.7 Å². The Morgan fingerprint density at radius 1 is 1.35 bits per heavy atom. The number of rotatable bonds is 3. The number of anilines is 1. The Labute approximate surface area is 139 Å². The lowest BCUT2D eigenvalue weighted by molar-refractivity contribution is 0.0691. The van der Waals surface area contributed by atoms with Crippen LogP contribution in [-0.4, -0.2) is 24.2 Å². The maximum absolute atomic E-state index is 14.4. The van der Waals surface area contributed by atoms with E-state index in [-0.39, 0.29) is 11.5 Å². The van der Waals surface area contributed by atoms with Crippen molar-refractivity contribution in [1.29, 1.82) is 0 Å². The monoisotopic (exact) mass is 333 g/mol. The van der Waals surface area contributed by atoms with E-state index in [1.807, 2.05) is 25.1 Å². The highest BCUT2D eigenvalue weighted by Crippen LogP contribution is 2.34. The van der Waals surface area contributed by atoms with Gasteiger partial charge in [0.2, 0.25) is 0 Å². The minimum Gasteiger partial charge on any atom is -0.478 e. The lowest BCUT2D eigenvalue weighted by Crippen LogP contribution is -2.20. The minimum atomic E-state index is -1.23. The van der Waals surface area contributed by atoms with Crippen molar-refractivity contribution in [1.82, 2.24) is 0 Å². The van der Waals surface area contributed by atoms with Gasteiger partial charge < -0.3 is 10.0 Å². The molecule has 1 heterocycles. The van der Waals surface area contributed by atoms with E-state index < -0.39 is 11.8 Å². The Bertz CT molecular complexity index is 763. The van der Waals surface area contributed by atoms with Gasteiger partial charge in [0.15, 0.2) is 0 Å². The first-order valence-corrected chi connectivity index (χ1v) is 7.88. The molecule has 1 fully saturated rings. The molecule has 0 bridgehead atoms. The smallest absolute Gasteiger partial charge is 0.338 e. The van der Waals surface area contributed by atoms with Gasteiger partial charge in [0.25, 0.3) is 0 Å². The zero-order valence-electron chi connectivity index (χ0n) is 12.7. The summed E-state index contributed by atoms with van der Waals surface area (Å²) in [6.45, 7) is 3.48. The molecule has 1 atom stereocenters. The summed E-state index contributed by atoms with van der Waals surface area (Å²) in [4.78, 5) is 13.3. The van der Waals surface area contributed by atoms with Crippen molar-refractivity contribution in [2.24, 2.45) is 0 Å². The van der Waals surface area contributed by atoms with Crippen LogP contribution in [0.1, 0.15) is 33.8 Å². The highest BCUT2D eigenvalue weighted by atomic mass is 35.5. The lowest BCUT2D eigenvalue weighted by atomic mass is 9.96. The fourth-order valence-electron chi connectivity index (χ4n) is 3.24. The predicted molar refractivity (Wildman–Crippen MR) is 89.1 cm³/mol. The summed E-state index contributed by atoms with van der Waals surface area (Å²) in [5.74, 6) is -1.85. The number of carboxylic acids is 1. The SMILES string of the molecule is Cc1cc(Cl)ccc1N1CCC(c2cccc(C(=O)O)c2F)C1. The van der Waals surface area contributed by atoms with Crippen molar-refractivity contribution < 1.29 is 14.3 Å². The van der Waals surface area contributed by atoms with Gasteiger partial charge in [-0.25, -0.2) is 9.18 Å².